The Bertz CT molecular complexity index is 1880. The second-order valence-corrected chi connectivity index (χ2v) is 17.0. The molecule has 0 unspecified atom stereocenters. The summed E-state index contributed by atoms with van der Waals surface area (Å²) in [5, 5.41) is 10.3. The highest BCUT2D eigenvalue weighted by atomic mass is 35.5. The summed E-state index contributed by atoms with van der Waals surface area (Å²) in [6.45, 7) is 11.2. The summed E-state index contributed by atoms with van der Waals surface area (Å²) >= 11 is 17.8. The highest BCUT2D eigenvalue weighted by Crippen LogP contribution is 2.28. The number of aromatic nitrogens is 6. The van der Waals surface area contributed by atoms with Crippen molar-refractivity contribution in [2.75, 3.05) is 5.32 Å². The third-order valence-corrected chi connectivity index (χ3v) is 9.23. The SMILES string of the molecule is C.CC(C)(C)OC(=O)N[C@H]1CCC[C@@H](N)C1.CC(C)(C)OC(=O)N[C@H]1CCC[C@@H](Nc2ncc(Cl)c(-c3cccnc3)n2)C1.Clc1ncc(Cl)c(-c2cccnc2)n1. The van der Waals surface area contributed by atoms with E-state index in [0.717, 1.165) is 62.5 Å². The Labute approximate surface area is 357 Å². The maximum atomic E-state index is 12.0. The van der Waals surface area contributed by atoms with Crippen LogP contribution < -0.4 is 21.7 Å². The monoisotopic (exact) mass is 858 g/mol. The van der Waals surface area contributed by atoms with Crippen molar-refractivity contribution < 1.29 is 19.1 Å². The number of hydrogen-bond acceptors (Lipinski definition) is 12. The van der Waals surface area contributed by atoms with Gasteiger partial charge in [-0.15, -0.1) is 0 Å². The molecular weight excluding hydrogens is 803 g/mol. The number of alkyl carbamates (subject to hydrolysis) is 2. The predicted octanol–water partition coefficient (Wildman–Crippen LogP) is 9.70. The van der Waals surface area contributed by atoms with Crippen LogP contribution in [0.15, 0.2) is 61.4 Å². The van der Waals surface area contributed by atoms with Crippen molar-refractivity contribution in [3.63, 3.8) is 0 Å². The zero-order chi connectivity index (χ0) is 41.6. The van der Waals surface area contributed by atoms with Crippen LogP contribution in [0.25, 0.3) is 22.5 Å². The summed E-state index contributed by atoms with van der Waals surface area (Å²) in [7, 11) is 0. The fourth-order valence-electron chi connectivity index (χ4n) is 6.13. The van der Waals surface area contributed by atoms with Crippen molar-refractivity contribution in [2.45, 2.75) is 136 Å². The Hall–Kier alpha value is -4.37. The van der Waals surface area contributed by atoms with E-state index >= 15 is 0 Å². The van der Waals surface area contributed by atoms with Crippen molar-refractivity contribution in [1.82, 2.24) is 40.5 Å². The first-order chi connectivity index (χ1) is 26.9. The molecular formula is C41H57Cl3N10O4. The summed E-state index contributed by atoms with van der Waals surface area (Å²) in [4.78, 5) is 48.2. The molecule has 5 N–H and O–H groups in total. The summed E-state index contributed by atoms with van der Waals surface area (Å²) in [6.07, 6.45) is 16.9. The molecule has 4 atom stereocenters. The smallest absolute Gasteiger partial charge is 0.407 e. The third kappa shape index (κ3) is 17.2. The zero-order valence-electron chi connectivity index (χ0n) is 33.3. The van der Waals surface area contributed by atoms with E-state index in [9.17, 15) is 9.59 Å². The highest BCUT2D eigenvalue weighted by molar-refractivity contribution is 6.33. The van der Waals surface area contributed by atoms with Crippen LogP contribution in [0.1, 0.15) is 100 Å². The number of nitrogens with zero attached hydrogens (tertiary/aromatic N) is 6. The van der Waals surface area contributed by atoms with E-state index in [1.165, 1.54) is 6.20 Å². The van der Waals surface area contributed by atoms with Gasteiger partial charge in [-0.3, -0.25) is 9.97 Å². The lowest BCUT2D eigenvalue weighted by Gasteiger charge is -2.31. The van der Waals surface area contributed by atoms with Crippen LogP contribution in [-0.4, -0.2) is 77.5 Å². The van der Waals surface area contributed by atoms with Crippen molar-refractivity contribution in [2.24, 2.45) is 5.73 Å². The zero-order valence-corrected chi connectivity index (χ0v) is 35.5. The summed E-state index contributed by atoms with van der Waals surface area (Å²) < 4.78 is 10.5. The summed E-state index contributed by atoms with van der Waals surface area (Å²) in [6, 6.07) is 8.05. The molecule has 2 amide bonds. The molecule has 2 aliphatic rings. The topological polar surface area (TPSA) is 192 Å². The number of halogens is 3. The number of hydrogen-bond donors (Lipinski definition) is 4. The van der Waals surface area contributed by atoms with E-state index in [1.54, 1.807) is 31.0 Å². The van der Waals surface area contributed by atoms with Gasteiger partial charge in [0.05, 0.1) is 33.8 Å². The second kappa shape index (κ2) is 22.7. The number of carbonyl (C=O) groups is 2. The van der Waals surface area contributed by atoms with Crippen molar-refractivity contribution in [3.8, 4) is 22.5 Å². The van der Waals surface area contributed by atoms with Gasteiger partial charge in [0.1, 0.15) is 11.2 Å². The van der Waals surface area contributed by atoms with E-state index in [0.29, 0.717) is 27.4 Å². The number of ether oxygens (including phenoxy) is 2. The molecule has 4 heterocycles. The molecule has 0 spiro atoms. The Kier molecular flexibility index (Phi) is 18.8. The van der Waals surface area contributed by atoms with Crippen LogP contribution in [0.3, 0.4) is 0 Å². The number of nitrogens with two attached hydrogens (primary N) is 1. The first kappa shape index (κ1) is 48.0. The predicted molar refractivity (Wildman–Crippen MR) is 231 cm³/mol. The number of amides is 2. The van der Waals surface area contributed by atoms with Crippen LogP contribution in [0.5, 0.6) is 0 Å². The Morgan fingerprint density at radius 3 is 1.67 bits per heavy atom. The van der Waals surface area contributed by atoms with Gasteiger partial charge in [0.2, 0.25) is 11.2 Å². The molecule has 17 heteroatoms. The summed E-state index contributed by atoms with van der Waals surface area (Å²) in [5.41, 5.74) is 7.80. The Morgan fingerprint density at radius 1 is 0.690 bits per heavy atom. The standard InChI is InChI=1S/C20H26ClN5O2.C11H22N2O2.C9H5Cl2N3.CH4/c1-20(2,3)28-19(27)25-15-8-4-7-14(10-15)24-18-23-12-16(21)17(26-18)13-6-5-9-22-11-13;1-11(2,3)15-10(14)13-9-6-4-5-8(12)7-9;10-7-5-13-9(11)14-8(7)6-2-1-3-12-4-6;/h5-6,9,11-12,14-15H,4,7-8,10H2,1-3H3,(H,25,27)(H,23,24,26);8-9H,4-7,12H2,1-3H3,(H,13,14);1-5H;1H4/t14-,15+;8-,9+;;/m11../s1. The molecule has 0 radical (unpaired) electrons. The first-order valence-corrected chi connectivity index (χ1v) is 20.1. The number of pyridine rings is 2. The molecule has 0 aliphatic heterocycles. The van der Waals surface area contributed by atoms with Gasteiger partial charge < -0.3 is 31.2 Å². The third-order valence-electron chi connectivity index (χ3n) is 8.49. The van der Waals surface area contributed by atoms with E-state index < -0.39 is 11.2 Å². The van der Waals surface area contributed by atoms with E-state index in [-0.39, 0.29) is 49.1 Å². The van der Waals surface area contributed by atoms with Gasteiger partial charge >= 0.3 is 12.2 Å². The average molecular weight is 860 g/mol. The van der Waals surface area contributed by atoms with Crippen molar-refractivity contribution in [1.29, 1.82) is 0 Å². The lowest BCUT2D eigenvalue weighted by atomic mass is 9.91. The van der Waals surface area contributed by atoms with E-state index in [1.807, 2.05) is 65.8 Å². The van der Waals surface area contributed by atoms with Gasteiger partial charge in [-0.25, -0.2) is 29.5 Å². The van der Waals surface area contributed by atoms with Gasteiger partial charge in [0, 0.05) is 60.1 Å². The molecule has 58 heavy (non-hydrogen) atoms. The number of rotatable bonds is 6. The molecule has 2 fully saturated rings. The van der Waals surface area contributed by atoms with E-state index in [4.69, 9.17) is 50.0 Å². The fourth-order valence-corrected chi connectivity index (χ4v) is 6.67. The van der Waals surface area contributed by atoms with Crippen LogP contribution in [0, 0.1) is 0 Å². The lowest BCUT2D eigenvalue weighted by molar-refractivity contribution is 0.0479. The molecule has 4 aromatic rings. The van der Waals surface area contributed by atoms with Gasteiger partial charge in [0.15, 0.2) is 0 Å². The average Bonchev–Trinajstić information content (AvgIpc) is 3.13. The quantitative estimate of drug-likeness (QED) is 0.134. The molecule has 2 saturated carbocycles. The molecule has 6 rings (SSSR count). The molecule has 14 nitrogen and oxygen atoms in total. The van der Waals surface area contributed by atoms with Gasteiger partial charge in [-0.05, 0) is 129 Å². The molecule has 0 bridgehead atoms. The number of nitrogens with one attached hydrogen (secondary N) is 3. The van der Waals surface area contributed by atoms with E-state index in [2.05, 4.69) is 45.9 Å². The first-order valence-electron chi connectivity index (χ1n) is 19.0. The molecule has 0 saturated heterocycles. The van der Waals surface area contributed by atoms with Gasteiger partial charge in [0.25, 0.3) is 0 Å². The van der Waals surface area contributed by atoms with Gasteiger partial charge in [-0.1, -0.05) is 30.6 Å². The highest BCUT2D eigenvalue weighted by Gasteiger charge is 2.27. The van der Waals surface area contributed by atoms with Crippen LogP contribution in [-0.2, 0) is 9.47 Å². The number of carbonyl (C=O) groups excluding carboxylic acids is 2. The normalized spacial score (nSPS) is 19.0. The second-order valence-electron chi connectivity index (χ2n) is 15.8. The Balaban J connectivity index is 0.000000253. The number of anilines is 1. The fraction of sp³-hybridized carbons (Fsp3) is 0.512. The maximum Gasteiger partial charge on any atom is 0.407 e. The lowest BCUT2D eigenvalue weighted by Crippen LogP contribution is -2.44. The minimum atomic E-state index is -0.504. The maximum absolute atomic E-state index is 12.0. The van der Waals surface area contributed by atoms with Crippen molar-refractivity contribution in [3.05, 3.63) is 76.8 Å². The molecule has 316 valence electrons. The Morgan fingerprint density at radius 2 is 1.17 bits per heavy atom. The van der Waals surface area contributed by atoms with Crippen molar-refractivity contribution >= 4 is 52.9 Å². The minimum Gasteiger partial charge on any atom is -0.444 e. The largest absolute Gasteiger partial charge is 0.444 e. The van der Waals surface area contributed by atoms with Gasteiger partial charge in [-0.2, -0.15) is 0 Å². The molecule has 4 aromatic heterocycles. The minimum absolute atomic E-state index is 0. The van der Waals surface area contributed by atoms with Crippen LogP contribution >= 0.6 is 34.8 Å². The summed E-state index contributed by atoms with van der Waals surface area (Å²) in [5.74, 6) is 0.520. The van der Waals surface area contributed by atoms with Crippen LogP contribution in [0.4, 0.5) is 15.5 Å². The van der Waals surface area contributed by atoms with Crippen LogP contribution in [0.2, 0.25) is 15.3 Å². The molecule has 0 aromatic carbocycles. The molecule has 2 aliphatic carbocycles.